The number of hydrogen-bond acceptors (Lipinski definition) is 4. The van der Waals surface area contributed by atoms with Crippen molar-refractivity contribution in [1.29, 1.82) is 0 Å². The molecule has 1 aliphatic heterocycles. The average Bonchev–Trinajstić information content (AvgIpc) is 3.05. The first-order chi connectivity index (χ1) is 13.8. The Bertz CT molecular complexity index is 941. The molecule has 4 rings (SSSR count). The monoisotopic (exact) mass is 412 g/mol. The Balaban J connectivity index is 1.43. The summed E-state index contributed by atoms with van der Waals surface area (Å²) in [4.78, 5) is 33.2. The molecule has 0 spiro atoms. The van der Waals surface area contributed by atoms with E-state index in [1.165, 1.54) is 11.3 Å². The van der Waals surface area contributed by atoms with Gasteiger partial charge in [0.05, 0.1) is 24.6 Å². The smallest absolute Gasteiger partial charge is 0.338 e. The first-order valence-electron chi connectivity index (χ1n) is 9.89. The zero-order chi connectivity index (χ0) is 20.6. The second-order valence-corrected chi connectivity index (χ2v) is 7.77. The van der Waals surface area contributed by atoms with Crippen molar-refractivity contribution in [2.45, 2.75) is 56.7 Å². The van der Waals surface area contributed by atoms with E-state index in [1.54, 1.807) is 6.20 Å². The molecule has 2 aliphatic rings. The average molecular weight is 412 g/mol. The molecule has 29 heavy (non-hydrogen) atoms. The van der Waals surface area contributed by atoms with Crippen LogP contribution >= 0.6 is 0 Å². The van der Waals surface area contributed by atoms with Gasteiger partial charge in [0, 0.05) is 19.6 Å². The second kappa shape index (κ2) is 7.68. The number of carbonyl (C=O) groups excluding carboxylic acids is 1. The van der Waals surface area contributed by atoms with E-state index in [9.17, 15) is 22.8 Å². The van der Waals surface area contributed by atoms with Gasteiger partial charge in [0.25, 0.3) is 5.56 Å². The van der Waals surface area contributed by atoms with Crippen LogP contribution in [0.25, 0.3) is 11.0 Å². The predicted octanol–water partition coefficient (Wildman–Crippen LogP) is 2.69. The van der Waals surface area contributed by atoms with Gasteiger partial charge in [-0.2, -0.15) is 18.3 Å². The molecule has 2 aromatic heterocycles. The Morgan fingerprint density at radius 1 is 1.24 bits per heavy atom. The quantitative estimate of drug-likeness (QED) is 0.807. The number of nitrogens with zero attached hydrogens (tertiary/aromatic N) is 4. The van der Waals surface area contributed by atoms with Crippen molar-refractivity contribution < 1.29 is 18.0 Å². The highest BCUT2D eigenvalue weighted by atomic mass is 19.4. The fourth-order valence-electron chi connectivity index (χ4n) is 3.98. The van der Waals surface area contributed by atoms with Gasteiger partial charge in [0.15, 0.2) is 5.65 Å². The lowest BCUT2D eigenvalue weighted by Crippen LogP contribution is -2.53. The number of rotatable bonds is 4. The molecule has 3 heterocycles. The topological polar surface area (TPSA) is 95.9 Å². The first-order valence-corrected chi connectivity index (χ1v) is 9.89. The molecule has 1 saturated heterocycles. The van der Waals surface area contributed by atoms with Crippen LogP contribution in [0, 0.1) is 0 Å². The minimum Gasteiger partial charge on any atom is -0.338 e. The number of amides is 2. The summed E-state index contributed by atoms with van der Waals surface area (Å²) < 4.78 is 38.4. The molecule has 2 amide bonds. The number of likely N-dealkylation sites (tertiary alicyclic amines) is 1. The molecule has 0 atom stereocenters. The van der Waals surface area contributed by atoms with Gasteiger partial charge in [0.1, 0.15) is 11.2 Å². The van der Waals surface area contributed by atoms with Crippen molar-refractivity contribution in [3.05, 3.63) is 22.4 Å². The van der Waals surface area contributed by atoms with E-state index in [1.807, 2.05) is 4.68 Å². The number of urea groups is 1. The third kappa shape index (κ3) is 4.23. The van der Waals surface area contributed by atoms with Gasteiger partial charge in [-0.3, -0.25) is 4.79 Å². The molecule has 1 aliphatic carbocycles. The van der Waals surface area contributed by atoms with Gasteiger partial charge in [-0.1, -0.05) is 19.3 Å². The minimum absolute atomic E-state index is 0.157. The van der Waals surface area contributed by atoms with Crippen molar-refractivity contribution in [1.82, 2.24) is 30.0 Å². The second-order valence-electron chi connectivity index (χ2n) is 7.77. The number of H-pyrrole nitrogens is 1. The maximum atomic E-state index is 12.4. The van der Waals surface area contributed by atoms with Crippen LogP contribution in [0.3, 0.4) is 0 Å². The molecule has 0 bridgehead atoms. The van der Waals surface area contributed by atoms with Crippen LogP contribution in [-0.4, -0.2) is 56.5 Å². The van der Waals surface area contributed by atoms with Gasteiger partial charge in [-0.15, -0.1) is 0 Å². The zero-order valence-electron chi connectivity index (χ0n) is 15.8. The third-order valence-corrected chi connectivity index (χ3v) is 5.64. The summed E-state index contributed by atoms with van der Waals surface area (Å²) >= 11 is 0. The lowest BCUT2D eigenvalue weighted by atomic mass is 9.96. The van der Waals surface area contributed by atoms with Crippen LogP contribution in [-0.2, 0) is 0 Å². The molecular formula is C18H23F3N6O2. The Hall–Kier alpha value is -2.59. The van der Waals surface area contributed by atoms with Crippen LogP contribution in [0.15, 0.2) is 11.0 Å². The van der Waals surface area contributed by atoms with Crippen molar-refractivity contribution in [2.24, 2.45) is 0 Å². The minimum atomic E-state index is -4.30. The SMILES string of the molecule is O=C(NCCC(F)(F)F)N1CC(c2nc3c(cnn3C3CCCCC3)c(=O)[nH]2)C1. The zero-order valence-corrected chi connectivity index (χ0v) is 15.8. The largest absolute Gasteiger partial charge is 0.390 e. The molecule has 2 aromatic rings. The summed E-state index contributed by atoms with van der Waals surface area (Å²) in [6.45, 7) is 0.138. The number of nitrogens with one attached hydrogen (secondary N) is 2. The number of aromatic nitrogens is 4. The van der Waals surface area contributed by atoms with E-state index in [-0.39, 0.29) is 17.5 Å². The van der Waals surface area contributed by atoms with E-state index in [0.717, 1.165) is 25.7 Å². The molecule has 158 valence electrons. The number of halogens is 3. The highest BCUT2D eigenvalue weighted by Crippen LogP contribution is 2.30. The van der Waals surface area contributed by atoms with E-state index < -0.39 is 25.2 Å². The summed E-state index contributed by atoms with van der Waals surface area (Å²) in [5, 5.41) is 7.10. The maximum absolute atomic E-state index is 12.4. The van der Waals surface area contributed by atoms with E-state index in [2.05, 4.69) is 20.4 Å². The van der Waals surface area contributed by atoms with Gasteiger partial charge in [-0.05, 0) is 12.8 Å². The standard InChI is InChI=1S/C18H23F3N6O2/c19-18(20,21)6-7-22-17(29)26-9-11(10-26)14-24-15-13(16(28)25-14)8-23-27(15)12-4-2-1-3-5-12/h8,11-12H,1-7,9-10H2,(H,22,29)(H,24,25,28). The van der Waals surface area contributed by atoms with Gasteiger partial charge >= 0.3 is 12.2 Å². The molecular weight excluding hydrogens is 389 g/mol. The lowest BCUT2D eigenvalue weighted by molar-refractivity contribution is -0.133. The Labute approximate surface area is 164 Å². The molecule has 0 radical (unpaired) electrons. The predicted molar refractivity (Wildman–Crippen MR) is 98.7 cm³/mol. The van der Waals surface area contributed by atoms with Gasteiger partial charge in [-0.25, -0.2) is 14.5 Å². The van der Waals surface area contributed by atoms with Crippen molar-refractivity contribution >= 4 is 17.1 Å². The summed E-state index contributed by atoms with van der Waals surface area (Å²) in [5.41, 5.74) is 0.295. The van der Waals surface area contributed by atoms with Gasteiger partial charge in [0.2, 0.25) is 0 Å². The first kappa shape index (κ1) is 19.7. The summed E-state index contributed by atoms with van der Waals surface area (Å²) in [6.07, 6.45) is 1.66. The number of fused-ring (bicyclic) bond motifs is 1. The number of hydrogen-bond donors (Lipinski definition) is 2. The Morgan fingerprint density at radius 3 is 2.66 bits per heavy atom. The van der Waals surface area contributed by atoms with E-state index in [0.29, 0.717) is 29.9 Å². The molecule has 1 saturated carbocycles. The van der Waals surface area contributed by atoms with Crippen LogP contribution < -0.4 is 10.9 Å². The highest BCUT2D eigenvalue weighted by molar-refractivity contribution is 5.76. The maximum Gasteiger partial charge on any atom is 0.390 e. The number of alkyl halides is 3. The van der Waals surface area contributed by atoms with Crippen molar-refractivity contribution in [3.8, 4) is 0 Å². The number of aromatic amines is 1. The third-order valence-electron chi connectivity index (χ3n) is 5.64. The molecule has 8 nitrogen and oxygen atoms in total. The van der Waals surface area contributed by atoms with Crippen LogP contribution in [0.5, 0.6) is 0 Å². The van der Waals surface area contributed by atoms with E-state index in [4.69, 9.17) is 0 Å². The van der Waals surface area contributed by atoms with Crippen molar-refractivity contribution in [3.63, 3.8) is 0 Å². The fraction of sp³-hybridized carbons (Fsp3) is 0.667. The fourth-order valence-corrected chi connectivity index (χ4v) is 3.98. The number of carbonyl (C=O) groups is 1. The lowest BCUT2D eigenvalue weighted by Gasteiger charge is -2.38. The molecule has 0 unspecified atom stereocenters. The molecule has 0 aromatic carbocycles. The highest BCUT2D eigenvalue weighted by Gasteiger charge is 2.35. The Morgan fingerprint density at radius 2 is 1.97 bits per heavy atom. The van der Waals surface area contributed by atoms with E-state index >= 15 is 0 Å². The van der Waals surface area contributed by atoms with Gasteiger partial charge < -0.3 is 15.2 Å². The summed E-state index contributed by atoms with van der Waals surface area (Å²) in [7, 11) is 0. The summed E-state index contributed by atoms with van der Waals surface area (Å²) in [5.74, 6) is 0.328. The van der Waals surface area contributed by atoms with Crippen LogP contribution in [0.4, 0.5) is 18.0 Å². The van der Waals surface area contributed by atoms with Crippen molar-refractivity contribution in [2.75, 3.05) is 19.6 Å². The normalized spacial score (nSPS) is 18.8. The van der Waals surface area contributed by atoms with Crippen LogP contribution in [0.2, 0.25) is 0 Å². The molecule has 2 fully saturated rings. The molecule has 11 heteroatoms. The Kier molecular flexibility index (Phi) is 5.22. The molecule has 2 N–H and O–H groups in total. The summed E-state index contributed by atoms with van der Waals surface area (Å²) in [6, 6.07) is -0.304. The van der Waals surface area contributed by atoms with Crippen LogP contribution in [0.1, 0.15) is 56.3 Å².